The van der Waals surface area contributed by atoms with E-state index in [0.29, 0.717) is 25.3 Å². The number of amides is 1. The highest BCUT2D eigenvalue weighted by Gasteiger charge is 2.20. The number of methoxy groups -OCH3 is 1. The highest BCUT2D eigenvalue weighted by atomic mass is 16.5. The van der Waals surface area contributed by atoms with Gasteiger partial charge in [0.25, 0.3) is 5.91 Å². The quantitative estimate of drug-likeness (QED) is 0.630. The second-order valence-electron chi connectivity index (χ2n) is 6.14. The Kier molecular flexibility index (Phi) is 7.86. The number of nitrogens with zero attached hydrogens (tertiary/aromatic N) is 1. The summed E-state index contributed by atoms with van der Waals surface area (Å²) in [5, 5.41) is 0. The fraction of sp³-hybridized carbons (Fsp3) is 0.364. The SMILES string of the molecule is CCOC(=O)CCN(Cc1ccc(OC)cc1)C(=O)c1ccccc1CC. The molecule has 0 saturated heterocycles. The number of aryl methyl sites for hydroxylation is 1. The van der Waals surface area contributed by atoms with Crippen molar-refractivity contribution in [3.05, 3.63) is 65.2 Å². The van der Waals surface area contributed by atoms with Crippen LogP contribution in [0.15, 0.2) is 48.5 Å². The Hall–Kier alpha value is -2.82. The summed E-state index contributed by atoms with van der Waals surface area (Å²) in [6.45, 7) is 4.86. The molecule has 0 radical (unpaired) electrons. The number of rotatable bonds is 9. The number of hydrogen-bond acceptors (Lipinski definition) is 4. The zero-order chi connectivity index (χ0) is 19.6. The fourth-order valence-corrected chi connectivity index (χ4v) is 2.87. The number of carbonyl (C=O) groups excluding carboxylic acids is 2. The maximum absolute atomic E-state index is 13.2. The second-order valence-corrected chi connectivity index (χ2v) is 6.14. The fourth-order valence-electron chi connectivity index (χ4n) is 2.87. The van der Waals surface area contributed by atoms with Gasteiger partial charge in [0.15, 0.2) is 0 Å². The number of ether oxygens (including phenoxy) is 2. The summed E-state index contributed by atoms with van der Waals surface area (Å²) in [6.07, 6.45) is 0.945. The van der Waals surface area contributed by atoms with E-state index in [4.69, 9.17) is 9.47 Å². The smallest absolute Gasteiger partial charge is 0.307 e. The van der Waals surface area contributed by atoms with E-state index in [9.17, 15) is 9.59 Å². The molecule has 0 aliphatic rings. The van der Waals surface area contributed by atoms with Gasteiger partial charge in [-0.2, -0.15) is 0 Å². The molecule has 5 nitrogen and oxygen atoms in total. The summed E-state index contributed by atoms with van der Waals surface area (Å²) < 4.78 is 10.2. The van der Waals surface area contributed by atoms with E-state index in [1.165, 1.54) is 0 Å². The third kappa shape index (κ3) is 5.84. The molecule has 0 N–H and O–H groups in total. The van der Waals surface area contributed by atoms with Gasteiger partial charge in [0.2, 0.25) is 0 Å². The predicted molar refractivity (Wildman–Crippen MR) is 105 cm³/mol. The van der Waals surface area contributed by atoms with Crippen LogP contribution in [0.1, 0.15) is 41.8 Å². The third-order valence-corrected chi connectivity index (χ3v) is 4.34. The lowest BCUT2D eigenvalue weighted by Crippen LogP contribution is -2.33. The highest BCUT2D eigenvalue weighted by molar-refractivity contribution is 5.95. The van der Waals surface area contributed by atoms with Gasteiger partial charge in [-0.1, -0.05) is 37.3 Å². The van der Waals surface area contributed by atoms with Gasteiger partial charge in [-0.3, -0.25) is 9.59 Å². The van der Waals surface area contributed by atoms with Crippen molar-refractivity contribution < 1.29 is 19.1 Å². The molecule has 2 aromatic carbocycles. The van der Waals surface area contributed by atoms with Gasteiger partial charge in [0.05, 0.1) is 20.1 Å². The zero-order valence-corrected chi connectivity index (χ0v) is 16.2. The van der Waals surface area contributed by atoms with Gasteiger partial charge in [-0.05, 0) is 42.7 Å². The van der Waals surface area contributed by atoms with Crippen molar-refractivity contribution in [1.82, 2.24) is 4.90 Å². The van der Waals surface area contributed by atoms with Crippen LogP contribution in [0.3, 0.4) is 0 Å². The van der Waals surface area contributed by atoms with Gasteiger partial charge in [-0.25, -0.2) is 0 Å². The Labute approximate surface area is 160 Å². The molecule has 0 aliphatic heterocycles. The first-order valence-corrected chi connectivity index (χ1v) is 9.24. The molecular weight excluding hydrogens is 342 g/mol. The van der Waals surface area contributed by atoms with Crippen LogP contribution < -0.4 is 4.74 Å². The first kappa shape index (κ1) is 20.5. The predicted octanol–water partition coefficient (Wildman–Crippen LogP) is 3.85. The molecule has 1 amide bonds. The topological polar surface area (TPSA) is 55.8 Å². The summed E-state index contributed by atoms with van der Waals surface area (Å²) in [5.74, 6) is 0.390. The van der Waals surface area contributed by atoms with E-state index in [1.54, 1.807) is 18.9 Å². The Balaban J connectivity index is 2.21. The van der Waals surface area contributed by atoms with E-state index in [0.717, 1.165) is 23.3 Å². The molecule has 27 heavy (non-hydrogen) atoms. The van der Waals surface area contributed by atoms with Crippen LogP contribution >= 0.6 is 0 Å². The number of benzene rings is 2. The molecule has 0 fully saturated rings. The van der Waals surface area contributed by atoms with Gasteiger partial charge >= 0.3 is 5.97 Å². The maximum Gasteiger partial charge on any atom is 0.307 e. The Morgan fingerprint density at radius 2 is 1.70 bits per heavy atom. The van der Waals surface area contributed by atoms with Crippen molar-refractivity contribution in [3.63, 3.8) is 0 Å². The normalized spacial score (nSPS) is 10.3. The van der Waals surface area contributed by atoms with Crippen LogP contribution in [0.5, 0.6) is 5.75 Å². The molecule has 0 atom stereocenters. The third-order valence-electron chi connectivity index (χ3n) is 4.34. The molecule has 2 rings (SSSR count). The molecule has 0 heterocycles. The molecule has 0 bridgehead atoms. The summed E-state index contributed by atoms with van der Waals surface area (Å²) >= 11 is 0. The summed E-state index contributed by atoms with van der Waals surface area (Å²) in [7, 11) is 1.62. The molecule has 144 valence electrons. The number of hydrogen-bond donors (Lipinski definition) is 0. The summed E-state index contributed by atoms with van der Waals surface area (Å²) in [4.78, 5) is 26.7. The summed E-state index contributed by atoms with van der Waals surface area (Å²) in [5.41, 5.74) is 2.65. The zero-order valence-electron chi connectivity index (χ0n) is 16.2. The molecule has 2 aromatic rings. The van der Waals surface area contributed by atoms with Crippen LogP contribution in [0.2, 0.25) is 0 Å². The maximum atomic E-state index is 13.2. The van der Waals surface area contributed by atoms with Crippen molar-refractivity contribution in [2.45, 2.75) is 33.2 Å². The molecular formula is C22H27NO4. The molecule has 0 aromatic heterocycles. The molecule has 5 heteroatoms. The Morgan fingerprint density at radius 1 is 1.00 bits per heavy atom. The van der Waals surface area contributed by atoms with E-state index in [-0.39, 0.29) is 18.3 Å². The highest BCUT2D eigenvalue weighted by Crippen LogP contribution is 2.17. The van der Waals surface area contributed by atoms with E-state index in [1.807, 2.05) is 55.5 Å². The lowest BCUT2D eigenvalue weighted by molar-refractivity contribution is -0.143. The van der Waals surface area contributed by atoms with Gasteiger partial charge in [0.1, 0.15) is 5.75 Å². The van der Waals surface area contributed by atoms with E-state index < -0.39 is 0 Å². The van der Waals surface area contributed by atoms with Crippen molar-refractivity contribution >= 4 is 11.9 Å². The lowest BCUT2D eigenvalue weighted by Gasteiger charge is -2.24. The van der Waals surface area contributed by atoms with Gasteiger partial charge < -0.3 is 14.4 Å². The second kappa shape index (κ2) is 10.4. The Morgan fingerprint density at radius 3 is 2.33 bits per heavy atom. The lowest BCUT2D eigenvalue weighted by atomic mass is 10.0. The van der Waals surface area contributed by atoms with Crippen LogP contribution in [0.25, 0.3) is 0 Å². The minimum atomic E-state index is -0.297. The van der Waals surface area contributed by atoms with Crippen molar-refractivity contribution in [1.29, 1.82) is 0 Å². The van der Waals surface area contributed by atoms with Crippen LogP contribution in [0.4, 0.5) is 0 Å². The minimum absolute atomic E-state index is 0.0763. The van der Waals surface area contributed by atoms with Crippen molar-refractivity contribution in [2.75, 3.05) is 20.3 Å². The van der Waals surface area contributed by atoms with Crippen molar-refractivity contribution in [3.8, 4) is 5.75 Å². The molecule has 0 saturated carbocycles. The first-order chi connectivity index (χ1) is 13.1. The van der Waals surface area contributed by atoms with Crippen LogP contribution in [-0.2, 0) is 22.5 Å². The molecule has 0 aliphatic carbocycles. The largest absolute Gasteiger partial charge is 0.497 e. The average Bonchev–Trinajstić information content (AvgIpc) is 2.71. The average molecular weight is 369 g/mol. The van der Waals surface area contributed by atoms with Crippen LogP contribution in [-0.4, -0.2) is 37.0 Å². The van der Waals surface area contributed by atoms with Gasteiger partial charge in [0, 0.05) is 18.7 Å². The minimum Gasteiger partial charge on any atom is -0.497 e. The van der Waals surface area contributed by atoms with E-state index >= 15 is 0 Å². The monoisotopic (exact) mass is 369 g/mol. The number of esters is 1. The Bertz CT molecular complexity index is 755. The molecule has 0 unspecified atom stereocenters. The van der Waals surface area contributed by atoms with Gasteiger partial charge in [-0.15, -0.1) is 0 Å². The van der Waals surface area contributed by atoms with Crippen molar-refractivity contribution in [2.24, 2.45) is 0 Å². The molecule has 0 spiro atoms. The first-order valence-electron chi connectivity index (χ1n) is 9.24. The number of carbonyl (C=O) groups is 2. The summed E-state index contributed by atoms with van der Waals surface area (Å²) in [6, 6.07) is 15.2. The van der Waals surface area contributed by atoms with E-state index in [2.05, 4.69) is 0 Å². The van der Waals surface area contributed by atoms with Crippen LogP contribution in [0, 0.1) is 0 Å². The standard InChI is InChI=1S/C22H27NO4/c1-4-18-8-6-7-9-20(18)22(25)23(15-14-21(24)27-5-2)16-17-10-12-19(26-3)13-11-17/h6-13H,4-5,14-16H2,1-3H3.